The van der Waals surface area contributed by atoms with E-state index < -0.39 is 5.41 Å². The van der Waals surface area contributed by atoms with Crippen LogP contribution < -0.4 is 10.1 Å². The molecule has 0 aliphatic heterocycles. The Balaban J connectivity index is 1.49. The van der Waals surface area contributed by atoms with Crippen molar-refractivity contribution in [3.63, 3.8) is 0 Å². The minimum Gasteiger partial charge on any atom is -0.494 e. The van der Waals surface area contributed by atoms with Gasteiger partial charge in [-0.1, -0.05) is 50.4 Å². The van der Waals surface area contributed by atoms with Crippen molar-refractivity contribution >= 4 is 45.8 Å². The summed E-state index contributed by atoms with van der Waals surface area (Å²) < 4.78 is 5.74. The van der Waals surface area contributed by atoms with Gasteiger partial charge in [0.25, 0.3) is 0 Å². The van der Waals surface area contributed by atoms with Crippen LogP contribution in [-0.4, -0.2) is 22.5 Å². The molecule has 1 heterocycles. The van der Waals surface area contributed by atoms with E-state index in [1.807, 2.05) is 24.3 Å². The lowest BCUT2D eigenvalue weighted by atomic mass is 9.67. The number of nitrogens with one attached hydrogen (secondary N) is 1. The number of rotatable bonds is 6. The van der Waals surface area contributed by atoms with E-state index >= 15 is 0 Å². The maximum Gasteiger partial charge on any atom is 0.237 e. The summed E-state index contributed by atoms with van der Waals surface area (Å²) in [6, 6.07) is 11.1. The Bertz CT molecular complexity index is 1240. The van der Waals surface area contributed by atoms with Crippen LogP contribution in [0.15, 0.2) is 36.4 Å². The first kappa shape index (κ1) is 22.4. The first-order valence-corrected chi connectivity index (χ1v) is 12.2. The van der Waals surface area contributed by atoms with E-state index in [4.69, 9.17) is 37.9 Å². The van der Waals surface area contributed by atoms with Crippen LogP contribution in [0.4, 0.5) is 5.69 Å². The van der Waals surface area contributed by atoms with E-state index in [9.17, 15) is 4.79 Å². The lowest BCUT2D eigenvalue weighted by Crippen LogP contribution is -2.46. The molecule has 5 rings (SSSR count). The molecule has 0 spiro atoms. The number of carbonyl (C=O) groups is 1. The monoisotopic (exact) mass is 483 g/mol. The van der Waals surface area contributed by atoms with Gasteiger partial charge in [-0.05, 0) is 61.1 Å². The zero-order chi connectivity index (χ0) is 23.4. The van der Waals surface area contributed by atoms with E-state index in [0.29, 0.717) is 27.7 Å². The lowest BCUT2D eigenvalue weighted by Gasteiger charge is -2.36. The summed E-state index contributed by atoms with van der Waals surface area (Å²) in [5.74, 6) is 0.931. The van der Waals surface area contributed by atoms with Crippen molar-refractivity contribution < 1.29 is 9.53 Å². The molecule has 172 valence electrons. The number of anilines is 1. The van der Waals surface area contributed by atoms with Crippen LogP contribution >= 0.6 is 23.2 Å². The van der Waals surface area contributed by atoms with E-state index in [1.54, 1.807) is 12.1 Å². The molecule has 5 nitrogen and oxygen atoms in total. The van der Waals surface area contributed by atoms with Gasteiger partial charge in [0.05, 0.1) is 44.5 Å². The number of fused-ring (bicyclic) bond motifs is 6. The molecule has 1 fully saturated rings. The highest BCUT2D eigenvalue weighted by atomic mass is 35.5. The van der Waals surface area contributed by atoms with Crippen LogP contribution in [0.25, 0.3) is 11.0 Å². The number of hydrogen-bond acceptors (Lipinski definition) is 4. The molecule has 1 N–H and O–H groups in total. The lowest BCUT2D eigenvalue weighted by molar-refractivity contribution is -0.124. The zero-order valence-electron chi connectivity index (χ0n) is 19.0. The second kappa shape index (κ2) is 8.14. The Kier molecular flexibility index (Phi) is 5.53. The summed E-state index contributed by atoms with van der Waals surface area (Å²) >= 11 is 12.5. The minimum atomic E-state index is -0.753. The molecule has 2 atom stereocenters. The van der Waals surface area contributed by atoms with Crippen molar-refractivity contribution in [2.24, 2.45) is 5.41 Å². The number of nitrogens with zero attached hydrogens (tertiary/aromatic N) is 2. The second-order valence-electron chi connectivity index (χ2n) is 9.61. The van der Waals surface area contributed by atoms with Gasteiger partial charge in [0.15, 0.2) is 0 Å². The van der Waals surface area contributed by atoms with Crippen molar-refractivity contribution in [2.45, 2.75) is 57.8 Å². The highest BCUT2D eigenvalue weighted by Crippen LogP contribution is 2.67. The molecular formula is C26H27Cl2N3O2. The third kappa shape index (κ3) is 3.39. The van der Waals surface area contributed by atoms with Crippen LogP contribution in [0.2, 0.25) is 10.0 Å². The summed E-state index contributed by atoms with van der Waals surface area (Å²) in [7, 11) is 0. The maximum atomic E-state index is 13.9. The quantitative estimate of drug-likeness (QED) is 0.386. The second-order valence-corrected chi connectivity index (χ2v) is 10.4. The van der Waals surface area contributed by atoms with Crippen LogP contribution in [-0.2, 0) is 10.2 Å². The minimum absolute atomic E-state index is 0.0397. The fourth-order valence-electron chi connectivity index (χ4n) is 5.59. The molecule has 0 saturated heterocycles. The average molecular weight is 484 g/mol. The molecule has 1 aromatic heterocycles. The van der Waals surface area contributed by atoms with Gasteiger partial charge < -0.3 is 10.1 Å². The molecule has 2 aromatic carbocycles. The molecule has 1 amide bonds. The standard InChI is InChI=1S/C26H27Cl2N3O2/c1-4-5-12-33-16-8-6-15(7-9-16)29-24(32)26-11-10-17(25(26,2)3)22-23(26)31-21-14-19(28)18(27)13-20(21)30-22/h6-9,13-14,17H,4-5,10-12H2,1-3H3,(H,29,32). The Morgan fingerprint density at radius 2 is 1.79 bits per heavy atom. The maximum absolute atomic E-state index is 13.9. The van der Waals surface area contributed by atoms with E-state index in [0.717, 1.165) is 48.5 Å². The number of carbonyl (C=O) groups excluding carboxylic acids is 1. The normalized spacial score (nSPS) is 22.4. The van der Waals surface area contributed by atoms with Gasteiger partial charge in [-0.2, -0.15) is 0 Å². The van der Waals surface area contributed by atoms with Gasteiger partial charge in [0, 0.05) is 11.6 Å². The molecule has 2 aliphatic rings. The third-order valence-electron chi connectivity index (χ3n) is 7.51. The third-order valence-corrected chi connectivity index (χ3v) is 8.24. The Labute approximate surface area is 203 Å². The molecule has 7 heteroatoms. The summed E-state index contributed by atoms with van der Waals surface area (Å²) in [6.07, 6.45) is 3.75. The van der Waals surface area contributed by atoms with Crippen LogP contribution in [0.5, 0.6) is 5.75 Å². The summed E-state index contributed by atoms with van der Waals surface area (Å²) in [5, 5.41) is 4.04. The van der Waals surface area contributed by atoms with Crippen molar-refractivity contribution in [3.8, 4) is 5.75 Å². The van der Waals surface area contributed by atoms with E-state index in [-0.39, 0.29) is 17.2 Å². The SMILES string of the molecule is CCCCOc1ccc(NC(=O)C23CCC(c4nc5cc(Cl)c(Cl)cc5nc42)C3(C)C)cc1. The topological polar surface area (TPSA) is 64.1 Å². The molecule has 2 unspecified atom stereocenters. The number of aromatic nitrogens is 2. The first-order valence-electron chi connectivity index (χ1n) is 11.5. The largest absolute Gasteiger partial charge is 0.494 e. The number of hydrogen-bond donors (Lipinski definition) is 1. The van der Waals surface area contributed by atoms with Gasteiger partial charge in [-0.15, -0.1) is 0 Å². The van der Waals surface area contributed by atoms with Gasteiger partial charge in [-0.25, -0.2) is 9.97 Å². The highest BCUT2D eigenvalue weighted by Gasteiger charge is 2.67. The highest BCUT2D eigenvalue weighted by molar-refractivity contribution is 6.42. The van der Waals surface area contributed by atoms with Crippen LogP contribution in [0, 0.1) is 5.41 Å². The molecule has 33 heavy (non-hydrogen) atoms. The van der Waals surface area contributed by atoms with E-state index in [1.165, 1.54) is 0 Å². The molecular weight excluding hydrogens is 457 g/mol. The number of unbranched alkanes of at least 4 members (excludes halogenated alkanes) is 1. The molecule has 1 saturated carbocycles. The summed E-state index contributed by atoms with van der Waals surface area (Å²) in [4.78, 5) is 23.7. The Hall–Kier alpha value is -2.37. The molecule has 2 aliphatic carbocycles. The van der Waals surface area contributed by atoms with Crippen molar-refractivity contribution in [2.75, 3.05) is 11.9 Å². The number of benzene rings is 2. The van der Waals surface area contributed by atoms with Crippen LogP contribution in [0.3, 0.4) is 0 Å². The Morgan fingerprint density at radius 1 is 1.12 bits per heavy atom. The van der Waals surface area contributed by atoms with Crippen LogP contribution in [0.1, 0.15) is 63.8 Å². The number of amides is 1. The zero-order valence-corrected chi connectivity index (χ0v) is 20.6. The van der Waals surface area contributed by atoms with Crippen molar-refractivity contribution in [1.82, 2.24) is 9.97 Å². The predicted molar refractivity (Wildman–Crippen MR) is 132 cm³/mol. The van der Waals surface area contributed by atoms with Crippen molar-refractivity contribution in [1.29, 1.82) is 0 Å². The van der Waals surface area contributed by atoms with E-state index in [2.05, 4.69) is 26.1 Å². The predicted octanol–water partition coefficient (Wildman–Crippen LogP) is 6.91. The van der Waals surface area contributed by atoms with Gasteiger partial charge in [0.2, 0.25) is 5.91 Å². The number of ether oxygens (including phenoxy) is 1. The summed E-state index contributed by atoms with van der Waals surface area (Å²) in [6.45, 7) is 7.14. The molecule has 2 bridgehead atoms. The fourth-order valence-corrected chi connectivity index (χ4v) is 5.90. The van der Waals surface area contributed by atoms with Gasteiger partial charge in [-0.3, -0.25) is 4.79 Å². The van der Waals surface area contributed by atoms with Crippen molar-refractivity contribution in [3.05, 3.63) is 57.8 Å². The summed E-state index contributed by atoms with van der Waals surface area (Å²) in [5.41, 5.74) is 2.73. The Morgan fingerprint density at radius 3 is 2.45 bits per heavy atom. The molecule has 0 radical (unpaired) electrons. The number of halogens is 2. The smallest absolute Gasteiger partial charge is 0.237 e. The first-order chi connectivity index (χ1) is 15.8. The fraction of sp³-hybridized carbons (Fsp3) is 0.423. The molecule has 3 aromatic rings. The van der Waals surface area contributed by atoms with Gasteiger partial charge in [0.1, 0.15) is 5.75 Å². The average Bonchev–Trinajstić information content (AvgIpc) is 3.16. The van der Waals surface area contributed by atoms with Gasteiger partial charge >= 0.3 is 0 Å².